The molecule has 0 atom stereocenters. The van der Waals surface area contributed by atoms with Crippen molar-refractivity contribution in [2.24, 2.45) is 10.7 Å². The summed E-state index contributed by atoms with van der Waals surface area (Å²) in [5.41, 5.74) is 8.18. The van der Waals surface area contributed by atoms with E-state index in [0.717, 1.165) is 31.8 Å². The van der Waals surface area contributed by atoms with Gasteiger partial charge in [-0.3, -0.25) is 14.9 Å². The van der Waals surface area contributed by atoms with Gasteiger partial charge in [0, 0.05) is 31.9 Å². The second-order valence-corrected chi connectivity index (χ2v) is 5.57. The molecule has 0 saturated heterocycles. The maximum Gasteiger partial charge on any atom is 0.0881 e. The monoisotopic (exact) mass is 292 g/mol. The second kappa shape index (κ2) is 6.86. The zero-order valence-electron chi connectivity index (χ0n) is 12.0. The summed E-state index contributed by atoms with van der Waals surface area (Å²) in [5.74, 6) is 0. The van der Waals surface area contributed by atoms with Crippen molar-refractivity contribution in [1.29, 1.82) is 0 Å². The van der Waals surface area contributed by atoms with Crippen molar-refractivity contribution in [2.45, 2.75) is 26.3 Å². The van der Waals surface area contributed by atoms with Gasteiger partial charge in [-0.1, -0.05) is 17.7 Å². The maximum atomic E-state index is 6.44. The van der Waals surface area contributed by atoms with Crippen LogP contribution in [0.4, 0.5) is 0 Å². The summed E-state index contributed by atoms with van der Waals surface area (Å²) in [6.45, 7) is 6.94. The van der Waals surface area contributed by atoms with Gasteiger partial charge in [-0.25, -0.2) is 0 Å². The van der Waals surface area contributed by atoms with Crippen molar-refractivity contribution >= 4 is 23.0 Å². The third-order valence-corrected chi connectivity index (χ3v) is 3.84. The van der Waals surface area contributed by atoms with Crippen molar-refractivity contribution in [3.63, 3.8) is 0 Å². The lowest BCUT2D eigenvalue weighted by molar-refractivity contribution is 0.257. The van der Waals surface area contributed by atoms with Crippen LogP contribution in [-0.2, 0) is 0 Å². The molecule has 0 spiro atoms. The average molecular weight is 293 g/mol. The molecule has 4 nitrogen and oxygen atoms in total. The molecular weight excluding hydrogens is 272 g/mol. The number of hydrogen-bond donors (Lipinski definition) is 1. The van der Waals surface area contributed by atoms with Gasteiger partial charge in [0.1, 0.15) is 0 Å². The van der Waals surface area contributed by atoms with E-state index in [4.69, 9.17) is 17.3 Å². The third-order valence-electron chi connectivity index (χ3n) is 3.42. The molecule has 1 aromatic rings. The largest absolute Gasteiger partial charge is 0.396 e. The lowest BCUT2D eigenvalue weighted by atomic mass is 10.2. The van der Waals surface area contributed by atoms with Gasteiger partial charge in [0.05, 0.1) is 22.1 Å². The molecule has 1 aliphatic rings. The Bertz CT molecular complexity index is 508. The van der Waals surface area contributed by atoms with Gasteiger partial charge in [-0.2, -0.15) is 0 Å². The first-order chi connectivity index (χ1) is 9.59. The summed E-state index contributed by atoms with van der Waals surface area (Å²) in [7, 11) is 0. The van der Waals surface area contributed by atoms with Gasteiger partial charge in [-0.15, -0.1) is 0 Å². The van der Waals surface area contributed by atoms with E-state index in [1.54, 1.807) is 6.20 Å². The van der Waals surface area contributed by atoms with Gasteiger partial charge < -0.3 is 5.73 Å². The molecule has 0 saturated carbocycles. The first-order valence-electron chi connectivity index (χ1n) is 6.94. The molecule has 1 aromatic heterocycles. The normalized spacial score (nSPS) is 18.5. The molecular formula is C15H21ClN4. The molecule has 5 heteroatoms. The highest BCUT2D eigenvalue weighted by atomic mass is 35.5. The molecule has 0 bridgehead atoms. The van der Waals surface area contributed by atoms with Crippen LogP contribution in [0.5, 0.6) is 0 Å². The van der Waals surface area contributed by atoms with Crippen LogP contribution < -0.4 is 5.73 Å². The Labute approximate surface area is 125 Å². The summed E-state index contributed by atoms with van der Waals surface area (Å²) in [6, 6.07) is 6.08. The van der Waals surface area contributed by atoms with Crippen LogP contribution in [0.1, 0.15) is 26.0 Å². The molecule has 20 heavy (non-hydrogen) atoms. The topological polar surface area (TPSA) is 54.5 Å². The number of aromatic nitrogens is 1. The van der Waals surface area contributed by atoms with Gasteiger partial charge in [0.25, 0.3) is 0 Å². The van der Waals surface area contributed by atoms with Gasteiger partial charge >= 0.3 is 0 Å². The molecule has 0 amide bonds. The number of nitrogens with two attached hydrogens (primary N) is 1. The van der Waals surface area contributed by atoms with E-state index in [0.29, 0.717) is 22.5 Å². The molecule has 0 aliphatic carbocycles. The minimum atomic E-state index is 0.471. The Morgan fingerprint density at radius 1 is 1.40 bits per heavy atom. The SMILES string of the molecule is CC(C)N1CCCN=C(/C(Cl)=C(\N)c2ccccn2)C1. The second-order valence-electron chi connectivity index (χ2n) is 5.19. The first-order valence-corrected chi connectivity index (χ1v) is 7.31. The van der Waals surface area contributed by atoms with Gasteiger partial charge in [0.2, 0.25) is 0 Å². The number of aliphatic imine (C=N–C) groups is 1. The predicted octanol–water partition coefficient (Wildman–Crippen LogP) is 2.50. The van der Waals surface area contributed by atoms with E-state index in [-0.39, 0.29) is 0 Å². The number of rotatable bonds is 3. The highest BCUT2D eigenvalue weighted by molar-refractivity contribution is 6.46. The molecule has 0 fully saturated rings. The number of nitrogens with zero attached hydrogens (tertiary/aromatic N) is 3. The van der Waals surface area contributed by atoms with Crippen molar-refractivity contribution in [3.05, 3.63) is 35.1 Å². The first kappa shape index (κ1) is 15.0. The van der Waals surface area contributed by atoms with Crippen LogP contribution in [-0.4, -0.2) is 41.3 Å². The zero-order chi connectivity index (χ0) is 14.5. The van der Waals surface area contributed by atoms with Gasteiger partial charge in [0.15, 0.2) is 0 Å². The van der Waals surface area contributed by atoms with Crippen molar-refractivity contribution < 1.29 is 0 Å². The molecule has 2 rings (SSSR count). The Kier molecular flexibility index (Phi) is 5.15. The maximum absolute atomic E-state index is 6.44. The van der Waals surface area contributed by atoms with Crippen LogP contribution in [0.2, 0.25) is 0 Å². The van der Waals surface area contributed by atoms with Crippen LogP contribution >= 0.6 is 11.6 Å². The third kappa shape index (κ3) is 3.58. The van der Waals surface area contributed by atoms with Gasteiger partial charge in [-0.05, 0) is 32.4 Å². The van der Waals surface area contributed by atoms with E-state index < -0.39 is 0 Å². The smallest absolute Gasteiger partial charge is 0.0881 e. The van der Waals surface area contributed by atoms with Crippen LogP contribution in [0.25, 0.3) is 5.70 Å². The lowest BCUT2D eigenvalue weighted by Gasteiger charge is -2.25. The van der Waals surface area contributed by atoms with Crippen LogP contribution in [0, 0.1) is 0 Å². The highest BCUT2D eigenvalue weighted by Gasteiger charge is 2.19. The molecule has 2 N–H and O–H groups in total. The lowest BCUT2D eigenvalue weighted by Crippen LogP contribution is -2.35. The molecule has 0 unspecified atom stereocenters. The van der Waals surface area contributed by atoms with Crippen molar-refractivity contribution in [1.82, 2.24) is 9.88 Å². The van der Waals surface area contributed by atoms with E-state index in [1.165, 1.54) is 0 Å². The summed E-state index contributed by atoms with van der Waals surface area (Å²) >= 11 is 6.44. The Balaban J connectivity index is 2.26. The fourth-order valence-corrected chi connectivity index (χ4v) is 2.40. The summed E-state index contributed by atoms with van der Waals surface area (Å²) in [5, 5.41) is 0.524. The average Bonchev–Trinajstić information content (AvgIpc) is 2.72. The Morgan fingerprint density at radius 3 is 2.85 bits per heavy atom. The fraction of sp³-hybridized carbons (Fsp3) is 0.467. The van der Waals surface area contributed by atoms with E-state index in [2.05, 4.69) is 28.7 Å². The predicted molar refractivity (Wildman–Crippen MR) is 84.8 cm³/mol. The molecule has 108 valence electrons. The summed E-state index contributed by atoms with van der Waals surface area (Å²) in [4.78, 5) is 11.2. The summed E-state index contributed by atoms with van der Waals surface area (Å²) < 4.78 is 0. The highest BCUT2D eigenvalue weighted by Crippen LogP contribution is 2.19. The zero-order valence-corrected chi connectivity index (χ0v) is 12.8. The molecule has 0 aromatic carbocycles. The molecule has 2 heterocycles. The standard InChI is InChI=1S/C15H21ClN4/c1-11(2)20-9-5-8-19-13(10-20)14(16)15(17)12-6-3-4-7-18-12/h3-4,6-7,11H,5,8-10,17H2,1-2H3/b15-14+. The van der Waals surface area contributed by atoms with Crippen molar-refractivity contribution in [2.75, 3.05) is 19.6 Å². The van der Waals surface area contributed by atoms with E-state index >= 15 is 0 Å². The van der Waals surface area contributed by atoms with E-state index in [9.17, 15) is 0 Å². The van der Waals surface area contributed by atoms with Crippen LogP contribution in [0.3, 0.4) is 0 Å². The number of hydrogen-bond acceptors (Lipinski definition) is 4. The quantitative estimate of drug-likeness (QED) is 0.931. The van der Waals surface area contributed by atoms with Crippen LogP contribution in [0.15, 0.2) is 34.4 Å². The molecule has 1 aliphatic heterocycles. The number of halogens is 1. The minimum Gasteiger partial charge on any atom is -0.396 e. The molecule has 0 radical (unpaired) electrons. The Hall–Kier alpha value is -1.39. The Morgan fingerprint density at radius 2 is 2.20 bits per heavy atom. The minimum absolute atomic E-state index is 0.471. The fourth-order valence-electron chi connectivity index (χ4n) is 2.18. The van der Waals surface area contributed by atoms with Crippen molar-refractivity contribution in [3.8, 4) is 0 Å². The number of pyridine rings is 1. The van der Waals surface area contributed by atoms with E-state index in [1.807, 2.05) is 18.2 Å². The summed E-state index contributed by atoms with van der Waals surface area (Å²) in [6.07, 6.45) is 2.76.